The van der Waals surface area contributed by atoms with E-state index in [4.69, 9.17) is 23.2 Å². The maximum Gasteiger partial charge on any atom is 0.323 e. The summed E-state index contributed by atoms with van der Waals surface area (Å²) in [6.45, 7) is 5.22. The third-order valence-corrected chi connectivity index (χ3v) is 4.25. The fraction of sp³-hybridized carbons (Fsp3) is 0.462. The first-order valence-corrected chi connectivity index (χ1v) is 6.35. The Morgan fingerprint density at radius 3 is 2.44 bits per heavy atom. The van der Waals surface area contributed by atoms with Crippen molar-refractivity contribution in [3.8, 4) is 0 Å². The second-order valence-electron chi connectivity index (χ2n) is 4.79. The van der Waals surface area contributed by atoms with Gasteiger partial charge in [0.1, 0.15) is 5.54 Å². The lowest BCUT2D eigenvalue weighted by Crippen LogP contribution is -2.48. The van der Waals surface area contributed by atoms with Crippen LogP contribution in [0, 0.1) is 0 Å². The normalized spacial score (nSPS) is 13.7. The molecular weight excluding hydrogens is 273 g/mol. The summed E-state index contributed by atoms with van der Waals surface area (Å²) >= 11 is 12.1. The van der Waals surface area contributed by atoms with Gasteiger partial charge in [-0.2, -0.15) is 0 Å². The van der Waals surface area contributed by atoms with Crippen molar-refractivity contribution in [2.24, 2.45) is 0 Å². The standard InChI is InChI=1S/C13H17Cl2NO2/c1-8(16(4)13(2,3)12(17)18)9-6-5-7-10(14)11(9)15/h5-8H,1-4H3,(H,17,18). The van der Waals surface area contributed by atoms with Gasteiger partial charge in [0, 0.05) is 6.04 Å². The average Bonchev–Trinajstić information content (AvgIpc) is 2.30. The van der Waals surface area contributed by atoms with E-state index in [9.17, 15) is 9.90 Å². The minimum Gasteiger partial charge on any atom is -0.480 e. The van der Waals surface area contributed by atoms with Gasteiger partial charge in [-0.15, -0.1) is 0 Å². The first-order valence-electron chi connectivity index (χ1n) is 5.59. The van der Waals surface area contributed by atoms with Crippen LogP contribution >= 0.6 is 23.2 Å². The van der Waals surface area contributed by atoms with Crippen LogP contribution in [0.3, 0.4) is 0 Å². The molecule has 3 nitrogen and oxygen atoms in total. The summed E-state index contributed by atoms with van der Waals surface area (Å²) in [5, 5.41) is 10.2. The zero-order chi connectivity index (χ0) is 14.1. The number of rotatable bonds is 4. The van der Waals surface area contributed by atoms with Crippen LogP contribution in [0.5, 0.6) is 0 Å². The average molecular weight is 290 g/mol. The number of benzene rings is 1. The maximum absolute atomic E-state index is 11.2. The summed E-state index contributed by atoms with van der Waals surface area (Å²) in [6, 6.07) is 5.22. The van der Waals surface area contributed by atoms with Gasteiger partial charge in [0.15, 0.2) is 0 Å². The van der Waals surface area contributed by atoms with Gasteiger partial charge in [0.05, 0.1) is 10.0 Å². The van der Waals surface area contributed by atoms with E-state index in [1.54, 1.807) is 31.9 Å². The molecule has 0 amide bonds. The van der Waals surface area contributed by atoms with Gasteiger partial charge in [0.2, 0.25) is 0 Å². The summed E-state index contributed by atoms with van der Waals surface area (Å²) in [5.74, 6) is -0.880. The Morgan fingerprint density at radius 1 is 1.39 bits per heavy atom. The van der Waals surface area contributed by atoms with Crippen molar-refractivity contribution in [2.45, 2.75) is 32.4 Å². The Bertz CT molecular complexity index is 460. The van der Waals surface area contributed by atoms with Crippen LogP contribution in [0.4, 0.5) is 0 Å². The van der Waals surface area contributed by atoms with E-state index in [1.807, 2.05) is 19.1 Å². The van der Waals surface area contributed by atoms with Crippen molar-refractivity contribution in [3.63, 3.8) is 0 Å². The Kier molecular flexibility index (Phi) is 4.65. The van der Waals surface area contributed by atoms with Crippen molar-refractivity contribution in [2.75, 3.05) is 7.05 Å². The molecule has 0 aliphatic heterocycles. The third kappa shape index (κ3) is 2.79. The first-order chi connectivity index (χ1) is 8.19. The molecule has 1 rings (SSSR count). The molecule has 1 N–H and O–H groups in total. The Morgan fingerprint density at radius 2 is 1.94 bits per heavy atom. The molecule has 0 fully saturated rings. The van der Waals surface area contributed by atoms with Crippen molar-refractivity contribution in [3.05, 3.63) is 33.8 Å². The van der Waals surface area contributed by atoms with E-state index < -0.39 is 11.5 Å². The molecule has 0 spiro atoms. The zero-order valence-corrected chi connectivity index (χ0v) is 12.4. The van der Waals surface area contributed by atoms with Crippen LogP contribution in [-0.4, -0.2) is 28.6 Å². The number of hydrogen-bond acceptors (Lipinski definition) is 2. The van der Waals surface area contributed by atoms with E-state index in [2.05, 4.69) is 0 Å². The van der Waals surface area contributed by atoms with Crippen molar-refractivity contribution < 1.29 is 9.90 Å². The van der Waals surface area contributed by atoms with Crippen molar-refractivity contribution >= 4 is 29.2 Å². The summed E-state index contributed by atoms with van der Waals surface area (Å²) in [7, 11) is 1.76. The summed E-state index contributed by atoms with van der Waals surface area (Å²) in [6.07, 6.45) is 0. The van der Waals surface area contributed by atoms with E-state index >= 15 is 0 Å². The molecule has 0 radical (unpaired) electrons. The van der Waals surface area contributed by atoms with Crippen LogP contribution in [0.2, 0.25) is 10.0 Å². The highest BCUT2D eigenvalue weighted by Crippen LogP contribution is 2.34. The highest BCUT2D eigenvalue weighted by atomic mass is 35.5. The SMILES string of the molecule is CC(c1cccc(Cl)c1Cl)N(C)C(C)(C)C(=O)O. The van der Waals surface area contributed by atoms with Gasteiger partial charge in [-0.25, -0.2) is 0 Å². The quantitative estimate of drug-likeness (QED) is 0.915. The molecule has 1 unspecified atom stereocenters. The topological polar surface area (TPSA) is 40.5 Å². The molecule has 5 heteroatoms. The molecule has 0 heterocycles. The number of nitrogens with zero attached hydrogens (tertiary/aromatic N) is 1. The molecule has 0 saturated carbocycles. The van der Waals surface area contributed by atoms with Gasteiger partial charge in [-0.1, -0.05) is 35.3 Å². The van der Waals surface area contributed by atoms with Crippen molar-refractivity contribution in [1.29, 1.82) is 0 Å². The Hall–Kier alpha value is -0.770. The van der Waals surface area contributed by atoms with Crippen LogP contribution in [0.15, 0.2) is 18.2 Å². The molecule has 0 bridgehead atoms. The first kappa shape index (κ1) is 15.3. The molecule has 1 aromatic carbocycles. The number of carbonyl (C=O) groups is 1. The van der Waals surface area contributed by atoms with Gasteiger partial charge in [0.25, 0.3) is 0 Å². The van der Waals surface area contributed by atoms with Gasteiger partial charge in [-0.05, 0) is 39.4 Å². The van der Waals surface area contributed by atoms with Crippen LogP contribution in [0.1, 0.15) is 32.4 Å². The lowest BCUT2D eigenvalue weighted by Gasteiger charge is -2.36. The number of halogens is 2. The maximum atomic E-state index is 11.2. The molecule has 0 saturated heterocycles. The van der Waals surface area contributed by atoms with Crippen molar-refractivity contribution in [1.82, 2.24) is 4.90 Å². The molecule has 0 aliphatic rings. The number of aliphatic carboxylic acids is 1. The minimum atomic E-state index is -0.981. The third-order valence-electron chi connectivity index (χ3n) is 3.42. The molecule has 1 aromatic rings. The number of hydrogen-bond donors (Lipinski definition) is 1. The Balaban J connectivity index is 3.11. The van der Waals surface area contributed by atoms with E-state index in [1.165, 1.54) is 0 Å². The molecule has 0 aliphatic carbocycles. The summed E-state index contributed by atoms with van der Waals surface area (Å²) in [4.78, 5) is 13.0. The zero-order valence-electron chi connectivity index (χ0n) is 10.9. The van der Waals surface area contributed by atoms with E-state index in [0.29, 0.717) is 10.0 Å². The smallest absolute Gasteiger partial charge is 0.323 e. The van der Waals surface area contributed by atoms with Gasteiger partial charge in [-0.3, -0.25) is 9.69 Å². The largest absolute Gasteiger partial charge is 0.480 e. The summed E-state index contributed by atoms with van der Waals surface area (Å²) in [5.41, 5.74) is -0.161. The number of likely N-dealkylation sites (N-methyl/N-ethyl adjacent to an activating group) is 1. The highest BCUT2D eigenvalue weighted by molar-refractivity contribution is 6.42. The molecular formula is C13H17Cl2NO2. The lowest BCUT2D eigenvalue weighted by atomic mass is 9.98. The second-order valence-corrected chi connectivity index (χ2v) is 5.58. The van der Waals surface area contributed by atoms with E-state index in [0.717, 1.165) is 5.56 Å². The number of carboxylic acids is 1. The number of carboxylic acid groups (broad SMARTS) is 1. The van der Waals surface area contributed by atoms with E-state index in [-0.39, 0.29) is 6.04 Å². The van der Waals surface area contributed by atoms with Crippen LogP contribution < -0.4 is 0 Å². The molecule has 0 aromatic heterocycles. The predicted molar refractivity (Wildman–Crippen MR) is 74.4 cm³/mol. The minimum absolute atomic E-state index is 0.151. The monoisotopic (exact) mass is 289 g/mol. The molecule has 1 atom stereocenters. The second kappa shape index (κ2) is 5.47. The van der Waals surface area contributed by atoms with Gasteiger partial charge >= 0.3 is 5.97 Å². The fourth-order valence-electron chi connectivity index (χ4n) is 1.69. The predicted octanol–water partition coefficient (Wildman–Crippen LogP) is 3.85. The van der Waals surface area contributed by atoms with Gasteiger partial charge < -0.3 is 5.11 Å². The van der Waals surface area contributed by atoms with Crippen LogP contribution in [-0.2, 0) is 4.79 Å². The fourth-order valence-corrected chi connectivity index (χ4v) is 2.15. The van der Waals surface area contributed by atoms with Crippen LogP contribution in [0.25, 0.3) is 0 Å². The Labute approximate surface area is 117 Å². The lowest BCUT2D eigenvalue weighted by molar-refractivity contribution is -0.149. The molecule has 100 valence electrons. The highest BCUT2D eigenvalue weighted by Gasteiger charge is 2.35. The molecule has 18 heavy (non-hydrogen) atoms. The summed E-state index contributed by atoms with van der Waals surface area (Å²) < 4.78 is 0.